The first-order valence-electron chi connectivity index (χ1n) is 6.81. The van der Waals surface area contributed by atoms with Gasteiger partial charge in [0.05, 0.1) is 7.11 Å². The van der Waals surface area contributed by atoms with Gasteiger partial charge in [0.1, 0.15) is 5.75 Å². The maximum Gasteiger partial charge on any atom is 0.219 e. The summed E-state index contributed by atoms with van der Waals surface area (Å²) in [5, 5.41) is 3.56. The molecule has 2 rings (SSSR count). The third kappa shape index (κ3) is 3.96. The van der Waals surface area contributed by atoms with Crippen LogP contribution in [0.4, 0.5) is 0 Å². The van der Waals surface area contributed by atoms with E-state index >= 15 is 0 Å². The molecule has 1 amide bonds. The number of hydrogen-bond donors (Lipinski definition) is 1. The minimum atomic E-state index is 0.186. The lowest BCUT2D eigenvalue weighted by molar-refractivity contribution is -0.129. The molecule has 19 heavy (non-hydrogen) atoms. The molecule has 0 aromatic heterocycles. The maximum absolute atomic E-state index is 11.2. The van der Waals surface area contributed by atoms with Crippen molar-refractivity contribution in [1.29, 1.82) is 0 Å². The lowest BCUT2D eigenvalue weighted by Gasteiger charge is -2.31. The van der Waals surface area contributed by atoms with Crippen LogP contribution in [0.5, 0.6) is 5.75 Å². The average Bonchev–Trinajstić information content (AvgIpc) is 2.46. The number of carbonyl (C=O) groups excluding carboxylic acids is 1. The van der Waals surface area contributed by atoms with E-state index in [9.17, 15) is 4.79 Å². The third-order valence-electron chi connectivity index (χ3n) is 3.67. The van der Waals surface area contributed by atoms with Gasteiger partial charge in [-0.1, -0.05) is 12.1 Å². The molecule has 0 aliphatic carbocycles. The fraction of sp³-hybridized carbons (Fsp3) is 0.533. The number of nitrogens with zero attached hydrogens (tertiary/aromatic N) is 1. The monoisotopic (exact) mass is 262 g/mol. The molecule has 1 saturated heterocycles. The molecule has 0 bridgehead atoms. The summed E-state index contributed by atoms with van der Waals surface area (Å²) in [5.41, 5.74) is 1.23. The van der Waals surface area contributed by atoms with E-state index < -0.39 is 0 Å². The summed E-state index contributed by atoms with van der Waals surface area (Å²) in [5.74, 6) is 1.08. The van der Waals surface area contributed by atoms with E-state index in [2.05, 4.69) is 17.4 Å². The summed E-state index contributed by atoms with van der Waals surface area (Å²) >= 11 is 0. The van der Waals surface area contributed by atoms with E-state index in [1.807, 2.05) is 17.0 Å². The lowest BCUT2D eigenvalue weighted by Crippen LogP contribution is -2.43. The number of piperidine rings is 1. The van der Waals surface area contributed by atoms with Crippen molar-refractivity contribution in [3.05, 3.63) is 29.8 Å². The van der Waals surface area contributed by atoms with Crippen LogP contribution in [0.15, 0.2) is 24.3 Å². The Morgan fingerprint density at radius 1 is 1.42 bits per heavy atom. The third-order valence-corrected chi connectivity index (χ3v) is 3.67. The van der Waals surface area contributed by atoms with Crippen LogP contribution in [0.2, 0.25) is 0 Å². The Morgan fingerprint density at radius 3 is 2.79 bits per heavy atom. The van der Waals surface area contributed by atoms with E-state index in [1.54, 1.807) is 14.0 Å². The molecule has 0 unspecified atom stereocenters. The van der Waals surface area contributed by atoms with E-state index in [0.717, 1.165) is 38.2 Å². The smallest absolute Gasteiger partial charge is 0.219 e. The van der Waals surface area contributed by atoms with Crippen molar-refractivity contribution in [3.63, 3.8) is 0 Å². The minimum Gasteiger partial charge on any atom is -0.497 e. The zero-order chi connectivity index (χ0) is 13.7. The van der Waals surface area contributed by atoms with Crippen LogP contribution >= 0.6 is 0 Å². The molecule has 1 aromatic carbocycles. The first-order chi connectivity index (χ1) is 9.19. The molecule has 104 valence electrons. The highest BCUT2D eigenvalue weighted by atomic mass is 16.5. The Bertz CT molecular complexity index is 426. The summed E-state index contributed by atoms with van der Waals surface area (Å²) < 4.78 is 5.22. The number of nitrogens with one attached hydrogen (secondary N) is 1. The zero-order valence-corrected chi connectivity index (χ0v) is 11.7. The molecular formula is C15H22N2O2. The molecule has 4 nitrogen and oxygen atoms in total. The molecule has 0 spiro atoms. The number of hydrogen-bond acceptors (Lipinski definition) is 3. The van der Waals surface area contributed by atoms with E-state index in [4.69, 9.17) is 4.74 Å². The summed E-state index contributed by atoms with van der Waals surface area (Å²) in [7, 11) is 1.68. The van der Waals surface area contributed by atoms with Gasteiger partial charge in [-0.25, -0.2) is 0 Å². The highest BCUT2D eigenvalue weighted by molar-refractivity contribution is 5.73. The molecule has 1 aromatic rings. The second kappa shape index (κ2) is 6.57. The Morgan fingerprint density at radius 2 is 2.16 bits per heavy atom. The molecule has 1 fully saturated rings. The van der Waals surface area contributed by atoms with E-state index in [1.165, 1.54) is 5.56 Å². The van der Waals surface area contributed by atoms with Crippen molar-refractivity contribution in [2.45, 2.75) is 32.4 Å². The van der Waals surface area contributed by atoms with Crippen molar-refractivity contribution in [1.82, 2.24) is 10.2 Å². The molecule has 0 atom stereocenters. The van der Waals surface area contributed by atoms with Crippen LogP contribution in [0.25, 0.3) is 0 Å². The van der Waals surface area contributed by atoms with Crippen LogP contribution in [0.3, 0.4) is 0 Å². The Kier molecular flexibility index (Phi) is 4.80. The standard InChI is InChI=1S/C15H22N2O2/c1-12(18)17-8-6-14(7-9-17)16-11-13-4-3-5-15(10-13)19-2/h3-5,10,14,16H,6-9,11H2,1-2H3. The van der Waals surface area contributed by atoms with Crippen LogP contribution in [0, 0.1) is 0 Å². The summed E-state index contributed by atoms with van der Waals surface area (Å²) in [6.07, 6.45) is 2.06. The van der Waals surface area contributed by atoms with Gasteiger partial charge in [0, 0.05) is 32.6 Å². The predicted octanol–water partition coefficient (Wildman–Crippen LogP) is 1.80. The van der Waals surface area contributed by atoms with E-state index in [-0.39, 0.29) is 5.91 Å². The fourth-order valence-corrected chi connectivity index (χ4v) is 2.44. The fourth-order valence-electron chi connectivity index (χ4n) is 2.44. The summed E-state index contributed by atoms with van der Waals surface area (Å²) in [4.78, 5) is 13.2. The van der Waals surface area contributed by atoms with Crippen LogP contribution in [-0.4, -0.2) is 37.0 Å². The largest absolute Gasteiger partial charge is 0.497 e. The molecule has 0 saturated carbocycles. The lowest BCUT2D eigenvalue weighted by atomic mass is 10.0. The number of benzene rings is 1. The topological polar surface area (TPSA) is 41.6 Å². The number of carbonyl (C=O) groups is 1. The van der Waals surface area contributed by atoms with E-state index in [0.29, 0.717) is 6.04 Å². The van der Waals surface area contributed by atoms with Crippen molar-refractivity contribution in [3.8, 4) is 5.75 Å². The van der Waals surface area contributed by atoms with Gasteiger partial charge in [0.25, 0.3) is 0 Å². The minimum absolute atomic E-state index is 0.186. The van der Waals surface area contributed by atoms with Gasteiger partial charge in [0.15, 0.2) is 0 Å². The molecule has 1 aliphatic rings. The van der Waals surface area contributed by atoms with Gasteiger partial charge in [-0.15, -0.1) is 0 Å². The van der Waals surface area contributed by atoms with Crippen molar-refractivity contribution >= 4 is 5.91 Å². The van der Waals surface area contributed by atoms with Gasteiger partial charge in [-0.05, 0) is 30.5 Å². The molecular weight excluding hydrogens is 240 g/mol. The number of ether oxygens (including phenoxy) is 1. The van der Waals surface area contributed by atoms with Gasteiger partial charge >= 0.3 is 0 Å². The molecule has 0 radical (unpaired) electrons. The summed E-state index contributed by atoms with van der Waals surface area (Å²) in [6.45, 7) is 4.22. The second-order valence-corrected chi connectivity index (χ2v) is 5.01. The number of methoxy groups -OCH3 is 1. The van der Waals surface area contributed by atoms with Gasteiger partial charge in [0.2, 0.25) is 5.91 Å². The number of amides is 1. The van der Waals surface area contributed by atoms with Crippen LogP contribution in [0.1, 0.15) is 25.3 Å². The van der Waals surface area contributed by atoms with Crippen molar-refractivity contribution in [2.75, 3.05) is 20.2 Å². The number of likely N-dealkylation sites (tertiary alicyclic amines) is 1. The first-order valence-corrected chi connectivity index (χ1v) is 6.81. The molecule has 1 aliphatic heterocycles. The van der Waals surface area contributed by atoms with Gasteiger partial charge in [-0.2, -0.15) is 0 Å². The maximum atomic E-state index is 11.2. The van der Waals surface area contributed by atoms with Crippen LogP contribution < -0.4 is 10.1 Å². The Hall–Kier alpha value is -1.55. The predicted molar refractivity (Wildman–Crippen MR) is 75.1 cm³/mol. The zero-order valence-electron chi connectivity index (χ0n) is 11.7. The highest BCUT2D eigenvalue weighted by Crippen LogP contribution is 2.14. The van der Waals surface area contributed by atoms with Crippen molar-refractivity contribution in [2.24, 2.45) is 0 Å². The second-order valence-electron chi connectivity index (χ2n) is 5.01. The summed E-state index contributed by atoms with van der Waals surface area (Å²) in [6, 6.07) is 8.61. The molecule has 1 N–H and O–H groups in total. The first kappa shape index (κ1) is 13.9. The van der Waals surface area contributed by atoms with Gasteiger partial charge < -0.3 is 15.0 Å². The normalized spacial score (nSPS) is 16.4. The molecule has 4 heteroatoms. The quantitative estimate of drug-likeness (QED) is 0.899. The highest BCUT2D eigenvalue weighted by Gasteiger charge is 2.19. The van der Waals surface area contributed by atoms with Crippen molar-refractivity contribution < 1.29 is 9.53 Å². The SMILES string of the molecule is COc1cccc(CNC2CCN(C(C)=O)CC2)c1. The van der Waals surface area contributed by atoms with Crippen LogP contribution in [-0.2, 0) is 11.3 Å². The Balaban J connectivity index is 1.78. The Labute approximate surface area is 114 Å². The molecule has 1 heterocycles. The average molecular weight is 262 g/mol. The number of rotatable bonds is 4. The van der Waals surface area contributed by atoms with Gasteiger partial charge in [-0.3, -0.25) is 4.79 Å².